The number of para-hydroxylation sites is 1. The quantitative estimate of drug-likeness (QED) is 0.598. The number of nitrogens with zero attached hydrogens (tertiary/aromatic N) is 2. The topological polar surface area (TPSA) is 76.4 Å². The summed E-state index contributed by atoms with van der Waals surface area (Å²) in [7, 11) is 0. The number of nitrogens with one attached hydrogen (secondary N) is 1. The number of amides is 1. The number of carbonyl (C=O) groups excluding carboxylic acids is 1. The molecule has 0 atom stereocenters. The van der Waals surface area contributed by atoms with Gasteiger partial charge in [-0.25, -0.2) is 9.07 Å². The molecule has 3 aromatic rings. The Morgan fingerprint density at radius 1 is 1.11 bits per heavy atom. The average Bonchev–Trinajstić information content (AvgIpc) is 3.08. The lowest BCUT2D eigenvalue weighted by atomic mass is 10.3. The summed E-state index contributed by atoms with van der Waals surface area (Å²) in [6, 6.07) is 15.1. The maximum Gasteiger partial charge on any atom is 0.275 e. The molecule has 0 fully saturated rings. The summed E-state index contributed by atoms with van der Waals surface area (Å²) < 4.78 is 19.7. The Kier molecular flexibility index (Phi) is 6.04. The van der Waals surface area contributed by atoms with E-state index in [4.69, 9.17) is 4.74 Å². The van der Waals surface area contributed by atoms with Gasteiger partial charge in [-0.15, -0.1) is 0 Å². The molecule has 0 unspecified atom stereocenters. The predicted molar refractivity (Wildman–Crippen MR) is 98.7 cm³/mol. The fourth-order valence-corrected chi connectivity index (χ4v) is 2.47. The zero-order chi connectivity index (χ0) is 19.1. The molecule has 7 heteroatoms. The van der Waals surface area contributed by atoms with Crippen LogP contribution >= 0.6 is 0 Å². The first-order chi connectivity index (χ1) is 13.1. The van der Waals surface area contributed by atoms with E-state index in [1.165, 1.54) is 23.0 Å². The summed E-state index contributed by atoms with van der Waals surface area (Å²) in [6.07, 6.45) is 2.83. The molecule has 2 N–H and O–H groups in total. The van der Waals surface area contributed by atoms with Crippen molar-refractivity contribution in [1.82, 2.24) is 15.1 Å². The van der Waals surface area contributed by atoms with Crippen LogP contribution in [0.25, 0.3) is 5.69 Å². The fourth-order valence-electron chi connectivity index (χ4n) is 2.47. The Morgan fingerprint density at radius 2 is 1.85 bits per heavy atom. The van der Waals surface area contributed by atoms with Gasteiger partial charge in [0.25, 0.3) is 5.91 Å². The van der Waals surface area contributed by atoms with Crippen molar-refractivity contribution in [3.8, 4) is 17.2 Å². The summed E-state index contributed by atoms with van der Waals surface area (Å²) in [6.45, 7) is 0.901. The summed E-state index contributed by atoms with van der Waals surface area (Å²) >= 11 is 0. The van der Waals surface area contributed by atoms with Gasteiger partial charge in [0.15, 0.2) is 11.4 Å². The van der Waals surface area contributed by atoms with Crippen molar-refractivity contribution in [2.75, 3.05) is 13.2 Å². The van der Waals surface area contributed by atoms with Crippen LogP contribution in [0.1, 0.15) is 23.3 Å². The first kappa shape index (κ1) is 18.4. The van der Waals surface area contributed by atoms with E-state index in [2.05, 4.69) is 10.4 Å². The maximum atomic E-state index is 12.8. The van der Waals surface area contributed by atoms with Gasteiger partial charge in [0.1, 0.15) is 11.6 Å². The van der Waals surface area contributed by atoms with E-state index in [0.29, 0.717) is 25.3 Å². The van der Waals surface area contributed by atoms with E-state index in [1.54, 1.807) is 12.1 Å². The first-order valence-electron chi connectivity index (χ1n) is 8.64. The standard InChI is InChI=1S/C20H20FN3O3/c21-15-8-10-17(11-9-15)27-13-5-4-12-22-20(26)19-18(25)14-24(23-19)16-6-2-1-3-7-16/h1-3,6-11,14,25H,4-5,12-13H2,(H,22,26). The van der Waals surface area contributed by atoms with Crippen molar-refractivity contribution in [3.05, 3.63) is 72.3 Å². The smallest absolute Gasteiger partial charge is 0.275 e. The van der Waals surface area contributed by atoms with E-state index in [-0.39, 0.29) is 17.3 Å². The van der Waals surface area contributed by atoms with E-state index in [1.807, 2.05) is 30.3 Å². The number of benzene rings is 2. The number of hydrogen-bond donors (Lipinski definition) is 2. The van der Waals surface area contributed by atoms with Gasteiger partial charge in [-0.1, -0.05) is 18.2 Å². The molecule has 0 spiro atoms. The molecule has 0 aliphatic rings. The molecule has 1 amide bonds. The minimum Gasteiger partial charge on any atom is -0.504 e. The average molecular weight is 369 g/mol. The molecule has 1 heterocycles. The number of carbonyl (C=O) groups is 1. The summed E-state index contributed by atoms with van der Waals surface area (Å²) in [4.78, 5) is 12.2. The molecule has 0 saturated carbocycles. The number of aromatic hydroxyl groups is 1. The molecule has 140 valence electrons. The van der Waals surface area contributed by atoms with Gasteiger partial charge in [0.2, 0.25) is 0 Å². The minimum atomic E-state index is -0.429. The molecule has 3 rings (SSSR count). The second kappa shape index (κ2) is 8.84. The van der Waals surface area contributed by atoms with Crippen LogP contribution in [0.4, 0.5) is 4.39 Å². The summed E-state index contributed by atoms with van der Waals surface area (Å²) in [5, 5.41) is 16.8. The highest BCUT2D eigenvalue weighted by atomic mass is 19.1. The number of aromatic nitrogens is 2. The lowest BCUT2D eigenvalue weighted by Crippen LogP contribution is -2.25. The molecular weight excluding hydrogens is 349 g/mol. The largest absolute Gasteiger partial charge is 0.504 e. The fraction of sp³-hybridized carbons (Fsp3) is 0.200. The van der Waals surface area contributed by atoms with Crippen LogP contribution in [-0.2, 0) is 0 Å². The molecule has 0 aliphatic heterocycles. The molecule has 6 nitrogen and oxygen atoms in total. The SMILES string of the molecule is O=C(NCCCCOc1ccc(F)cc1)c1nn(-c2ccccc2)cc1O. The molecule has 27 heavy (non-hydrogen) atoms. The van der Waals surface area contributed by atoms with Crippen LogP contribution in [0, 0.1) is 5.82 Å². The van der Waals surface area contributed by atoms with Crippen molar-refractivity contribution < 1.29 is 19.0 Å². The Morgan fingerprint density at radius 3 is 2.59 bits per heavy atom. The van der Waals surface area contributed by atoms with Crippen LogP contribution in [0.15, 0.2) is 60.8 Å². The van der Waals surface area contributed by atoms with Crippen molar-refractivity contribution in [3.63, 3.8) is 0 Å². The lowest BCUT2D eigenvalue weighted by Gasteiger charge is -2.06. The predicted octanol–water partition coefficient (Wildman–Crippen LogP) is 3.31. The third-order valence-corrected chi connectivity index (χ3v) is 3.87. The number of rotatable bonds is 8. The third-order valence-electron chi connectivity index (χ3n) is 3.87. The number of unbranched alkanes of at least 4 members (excludes halogenated alkanes) is 1. The number of hydrogen-bond acceptors (Lipinski definition) is 4. The van der Waals surface area contributed by atoms with Crippen molar-refractivity contribution in [2.24, 2.45) is 0 Å². The molecule has 0 saturated heterocycles. The minimum absolute atomic E-state index is 0.0126. The molecule has 0 bridgehead atoms. The normalized spacial score (nSPS) is 10.6. The number of ether oxygens (including phenoxy) is 1. The van der Waals surface area contributed by atoms with Gasteiger partial charge >= 0.3 is 0 Å². The second-order valence-corrected chi connectivity index (χ2v) is 5.91. The third kappa shape index (κ3) is 5.07. The van der Waals surface area contributed by atoms with E-state index in [9.17, 15) is 14.3 Å². The zero-order valence-corrected chi connectivity index (χ0v) is 14.6. The van der Waals surface area contributed by atoms with Crippen LogP contribution in [0.2, 0.25) is 0 Å². The molecule has 0 radical (unpaired) electrons. The Balaban J connectivity index is 1.42. The summed E-state index contributed by atoms with van der Waals surface area (Å²) in [5.41, 5.74) is 0.742. The van der Waals surface area contributed by atoms with Gasteiger partial charge in [-0.2, -0.15) is 5.10 Å². The first-order valence-corrected chi connectivity index (χ1v) is 8.64. The molecular formula is C20H20FN3O3. The van der Waals surface area contributed by atoms with Crippen molar-refractivity contribution >= 4 is 5.91 Å². The monoisotopic (exact) mass is 369 g/mol. The van der Waals surface area contributed by atoms with Gasteiger partial charge in [-0.3, -0.25) is 4.79 Å². The maximum absolute atomic E-state index is 12.8. The van der Waals surface area contributed by atoms with Gasteiger partial charge in [0, 0.05) is 6.54 Å². The molecule has 0 aliphatic carbocycles. The molecule has 2 aromatic carbocycles. The van der Waals surface area contributed by atoms with E-state index < -0.39 is 5.91 Å². The van der Waals surface area contributed by atoms with Gasteiger partial charge < -0.3 is 15.2 Å². The highest BCUT2D eigenvalue weighted by Crippen LogP contribution is 2.18. The van der Waals surface area contributed by atoms with Crippen LogP contribution in [0.3, 0.4) is 0 Å². The Labute approximate surface area is 156 Å². The summed E-state index contributed by atoms with van der Waals surface area (Å²) in [5.74, 6) is -0.294. The van der Waals surface area contributed by atoms with Gasteiger partial charge in [-0.05, 0) is 49.2 Å². The highest BCUT2D eigenvalue weighted by Gasteiger charge is 2.16. The van der Waals surface area contributed by atoms with Crippen LogP contribution in [0.5, 0.6) is 11.5 Å². The molecule has 1 aromatic heterocycles. The van der Waals surface area contributed by atoms with Crippen LogP contribution in [-0.4, -0.2) is 33.9 Å². The van der Waals surface area contributed by atoms with Crippen molar-refractivity contribution in [2.45, 2.75) is 12.8 Å². The Bertz CT molecular complexity index is 879. The van der Waals surface area contributed by atoms with Crippen LogP contribution < -0.4 is 10.1 Å². The van der Waals surface area contributed by atoms with Gasteiger partial charge in [0.05, 0.1) is 18.5 Å². The zero-order valence-electron chi connectivity index (χ0n) is 14.6. The number of halogens is 1. The Hall–Kier alpha value is -3.35. The van der Waals surface area contributed by atoms with E-state index >= 15 is 0 Å². The second-order valence-electron chi connectivity index (χ2n) is 5.91. The van der Waals surface area contributed by atoms with Crippen molar-refractivity contribution in [1.29, 1.82) is 0 Å². The van der Waals surface area contributed by atoms with E-state index in [0.717, 1.165) is 12.1 Å². The highest BCUT2D eigenvalue weighted by molar-refractivity contribution is 5.94. The lowest BCUT2D eigenvalue weighted by molar-refractivity contribution is 0.0944.